The molecule has 0 spiro atoms. The second-order valence-electron chi connectivity index (χ2n) is 5.99. The molecule has 1 saturated carbocycles. The Labute approximate surface area is 120 Å². The van der Waals surface area contributed by atoms with Gasteiger partial charge in [0.05, 0.1) is 12.1 Å². The zero-order chi connectivity index (χ0) is 14.8. The van der Waals surface area contributed by atoms with Gasteiger partial charge in [-0.15, -0.1) is 0 Å². The number of hydrogen-bond donors (Lipinski definition) is 2. The van der Waals surface area contributed by atoms with Gasteiger partial charge in [-0.05, 0) is 45.4 Å². The predicted octanol–water partition coefficient (Wildman–Crippen LogP) is 0.851. The lowest BCUT2D eigenvalue weighted by Crippen LogP contribution is -2.57. The van der Waals surface area contributed by atoms with Crippen molar-refractivity contribution in [2.45, 2.75) is 51.1 Å². The molecule has 1 aliphatic carbocycles. The number of hydrogen-bond acceptors (Lipinski definition) is 4. The molecule has 0 aromatic carbocycles. The van der Waals surface area contributed by atoms with Crippen molar-refractivity contribution in [1.82, 2.24) is 10.2 Å². The molecule has 0 bridgehead atoms. The number of carbonyl (C=O) groups excluding carboxylic acids is 2. The van der Waals surface area contributed by atoms with Gasteiger partial charge in [0.25, 0.3) is 0 Å². The molecule has 1 unspecified atom stereocenters. The zero-order valence-electron chi connectivity index (χ0n) is 12.4. The third kappa shape index (κ3) is 3.42. The van der Waals surface area contributed by atoms with Crippen molar-refractivity contribution in [1.29, 1.82) is 0 Å². The van der Waals surface area contributed by atoms with Crippen molar-refractivity contribution in [3.8, 4) is 0 Å². The van der Waals surface area contributed by atoms with Gasteiger partial charge in [0.1, 0.15) is 0 Å². The molecule has 1 aliphatic heterocycles. The number of nitrogens with zero attached hydrogens (tertiary/aromatic N) is 1. The summed E-state index contributed by atoms with van der Waals surface area (Å²) in [6.07, 6.45) is 3.33. The molecule has 2 aliphatic rings. The van der Waals surface area contributed by atoms with Crippen LogP contribution in [0.1, 0.15) is 39.5 Å². The molecule has 6 heteroatoms. The highest BCUT2D eigenvalue weighted by atomic mass is 16.6. The molecule has 3 N–H and O–H groups in total. The minimum absolute atomic E-state index is 0.0606. The monoisotopic (exact) mass is 283 g/mol. The number of carbonyl (C=O) groups is 2. The molecule has 0 radical (unpaired) electrons. The van der Waals surface area contributed by atoms with E-state index in [-0.39, 0.29) is 18.0 Å². The third-order valence-corrected chi connectivity index (χ3v) is 4.27. The first-order valence-corrected chi connectivity index (χ1v) is 7.46. The maximum atomic E-state index is 12.2. The summed E-state index contributed by atoms with van der Waals surface area (Å²) in [5, 5.41) is 3.03. The Kier molecular flexibility index (Phi) is 4.52. The fourth-order valence-corrected chi connectivity index (χ4v) is 2.63. The normalized spacial score (nSPS) is 23.1. The molecular formula is C14H25N3O3. The summed E-state index contributed by atoms with van der Waals surface area (Å²) in [7, 11) is 0. The van der Waals surface area contributed by atoms with E-state index in [9.17, 15) is 9.59 Å². The molecule has 6 nitrogen and oxygen atoms in total. The van der Waals surface area contributed by atoms with E-state index in [1.807, 2.05) is 6.92 Å². The molecule has 0 aromatic heterocycles. The van der Waals surface area contributed by atoms with Crippen LogP contribution < -0.4 is 11.1 Å². The van der Waals surface area contributed by atoms with Gasteiger partial charge in [-0.3, -0.25) is 4.79 Å². The SMILES string of the molecule is CCOC(=O)N1CCC(NC(=O)C(C)(N)C2CC2)CC1. The second kappa shape index (κ2) is 5.99. The van der Waals surface area contributed by atoms with Gasteiger partial charge < -0.3 is 20.7 Å². The number of nitrogens with one attached hydrogen (secondary N) is 1. The van der Waals surface area contributed by atoms with Crippen LogP contribution in [0.4, 0.5) is 4.79 Å². The molecule has 2 rings (SSSR count). The molecule has 1 saturated heterocycles. The highest BCUT2D eigenvalue weighted by Crippen LogP contribution is 2.38. The second-order valence-corrected chi connectivity index (χ2v) is 5.99. The van der Waals surface area contributed by atoms with Crippen LogP contribution >= 0.6 is 0 Å². The van der Waals surface area contributed by atoms with Gasteiger partial charge in [-0.1, -0.05) is 0 Å². The lowest BCUT2D eigenvalue weighted by molar-refractivity contribution is -0.127. The van der Waals surface area contributed by atoms with Crippen molar-refractivity contribution in [2.24, 2.45) is 11.7 Å². The third-order valence-electron chi connectivity index (χ3n) is 4.27. The van der Waals surface area contributed by atoms with Crippen molar-refractivity contribution < 1.29 is 14.3 Å². The number of likely N-dealkylation sites (tertiary alicyclic amines) is 1. The standard InChI is InChI=1S/C14H25N3O3/c1-3-20-13(19)17-8-6-11(7-9-17)16-12(18)14(2,15)10-4-5-10/h10-11H,3-9,15H2,1-2H3,(H,16,18). The summed E-state index contributed by atoms with van der Waals surface area (Å²) in [6, 6.07) is 0.106. The number of nitrogens with two attached hydrogens (primary N) is 1. The van der Waals surface area contributed by atoms with Crippen LogP contribution in [-0.2, 0) is 9.53 Å². The number of amides is 2. The molecule has 2 fully saturated rings. The van der Waals surface area contributed by atoms with Crippen LogP contribution in [0.2, 0.25) is 0 Å². The maximum Gasteiger partial charge on any atom is 0.409 e. The Balaban J connectivity index is 1.77. The van der Waals surface area contributed by atoms with Crippen molar-refractivity contribution in [2.75, 3.05) is 19.7 Å². The lowest BCUT2D eigenvalue weighted by Gasteiger charge is -2.33. The highest BCUT2D eigenvalue weighted by molar-refractivity contribution is 5.86. The quantitative estimate of drug-likeness (QED) is 0.801. The van der Waals surface area contributed by atoms with Gasteiger partial charge in [-0.2, -0.15) is 0 Å². The summed E-state index contributed by atoms with van der Waals surface area (Å²) >= 11 is 0. The summed E-state index contributed by atoms with van der Waals surface area (Å²) in [4.78, 5) is 25.5. The lowest BCUT2D eigenvalue weighted by atomic mass is 9.94. The predicted molar refractivity (Wildman–Crippen MR) is 75.1 cm³/mol. The fraction of sp³-hybridized carbons (Fsp3) is 0.857. The van der Waals surface area contributed by atoms with Gasteiger partial charge in [0, 0.05) is 19.1 Å². The molecular weight excluding hydrogens is 258 g/mol. The van der Waals surface area contributed by atoms with E-state index < -0.39 is 5.54 Å². The Morgan fingerprint density at radius 3 is 2.40 bits per heavy atom. The topological polar surface area (TPSA) is 84.7 Å². The van der Waals surface area contributed by atoms with Crippen molar-refractivity contribution in [3.05, 3.63) is 0 Å². The van der Waals surface area contributed by atoms with Crippen LogP contribution in [0.25, 0.3) is 0 Å². The van der Waals surface area contributed by atoms with Gasteiger partial charge in [0.15, 0.2) is 0 Å². The van der Waals surface area contributed by atoms with E-state index in [0.717, 1.165) is 25.7 Å². The largest absolute Gasteiger partial charge is 0.450 e. The van der Waals surface area contributed by atoms with Crippen LogP contribution in [0.5, 0.6) is 0 Å². The van der Waals surface area contributed by atoms with E-state index in [1.165, 1.54) is 0 Å². The average molecular weight is 283 g/mol. The van der Waals surface area contributed by atoms with Gasteiger partial charge in [0.2, 0.25) is 5.91 Å². The first-order valence-electron chi connectivity index (χ1n) is 7.46. The summed E-state index contributed by atoms with van der Waals surface area (Å²) in [6.45, 7) is 5.24. The number of ether oxygens (including phenoxy) is 1. The molecule has 1 heterocycles. The molecule has 20 heavy (non-hydrogen) atoms. The zero-order valence-corrected chi connectivity index (χ0v) is 12.4. The van der Waals surface area contributed by atoms with Crippen LogP contribution in [0, 0.1) is 5.92 Å². The molecule has 2 amide bonds. The van der Waals surface area contributed by atoms with E-state index in [1.54, 1.807) is 11.8 Å². The van der Waals surface area contributed by atoms with E-state index in [2.05, 4.69) is 5.32 Å². The van der Waals surface area contributed by atoms with Crippen molar-refractivity contribution >= 4 is 12.0 Å². The highest BCUT2D eigenvalue weighted by Gasteiger charge is 2.44. The first kappa shape index (κ1) is 15.1. The average Bonchev–Trinajstić information content (AvgIpc) is 3.24. The molecule has 1 atom stereocenters. The minimum atomic E-state index is -0.752. The van der Waals surface area contributed by atoms with Crippen molar-refractivity contribution in [3.63, 3.8) is 0 Å². The van der Waals surface area contributed by atoms with Gasteiger partial charge in [-0.25, -0.2) is 4.79 Å². The van der Waals surface area contributed by atoms with Crippen LogP contribution in [0.3, 0.4) is 0 Å². The Hall–Kier alpha value is -1.30. The fourth-order valence-electron chi connectivity index (χ4n) is 2.63. The minimum Gasteiger partial charge on any atom is -0.450 e. The summed E-state index contributed by atoms with van der Waals surface area (Å²) in [5.74, 6) is 0.261. The van der Waals surface area contributed by atoms with Crippen LogP contribution in [0.15, 0.2) is 0 Å². The molecule has 0 aromatic rings. The van der Waals surface area contributed by atoms with Gasteiger partial charge >= 0.3 is 6.09 Å². The summed E-state index contributed by atoms with van der Waals surface area (Å²) in [5.41, 5.74) is 5.35. The Morgan fingerprint density at radius 2 is 1.90 bits per heavy atom. The summed E-state index contributed by atoms with van der Waals surface area (Å²) < 4.78 is 4.97. The van der Waals surface area contributed by atoms with E-state index >= 15 is 0 Å². The Bertz CT molecular complexity index is 372. The molecule has 114 valence electrons. The smallest absolute Gasteiger partial charge is 0.409 e. The van der Waals surface area contributed by atoms with E-state index in [0.29, 0.717) is 25.6 Å². The first-order chi connectivity index (χ1) is 9.45. The number of rotatable bonds is 4. The van der Waals surface area contributed by atoms with E-state index in [4.69, 9.17) is 10.5 Å². The maximum absolute atomic E-state index is 12.2. The Morgan fingerprint density at radius 1 is 1.30 bits per heavy atom. The van der Waals surface area contributed by atoms with Crippen LogP contribution in [-0.4, -0.2) is 48.2 Å². The number of piperidine rings is 1.